The van der Waals surface area contributed by atoms with E-state index in [-0.39, 0.29) is 54.8 Å². The molecule has 0 bridgehead atoms. The Bertz CT molecular complexity index is 695. The minimum Gasteiger partial charge on any atom is -0.356 e. The number of carbonyl (C=O) groups excluding carboxylic acids is 2. The monoisotopic (exact) mass is 513 g/mol. The molecule has 0 aliphatic carbocycles. The van der Waals surface area contributed by atoms with Crippen LogP contribution in [-0.2, 0) is 11.3 Å². The molecule has 1 aliphatic rings. The maximum absolute atomic E-state index is 12.4. The number of alkyl halides is 3. The molecule has 0 radical (unpaired) electrons. The highest BCUT2D eigenvalue weighted by atomic mass is 127. The maximum Gasteiger partial charge on any atom is 0.390 e. The Kier molecular flexibility index (Phi) is 9.49. The lowest BCUT2D eigenvalue weighted by atomic mass is 10.1. The maximum atomic E-state index is 12.4. The zero-order chi connectivity index (χ0) is 19.9. The first kappa shape index (κ1) is 24.0. The van der Waals surface area contributed by atoms with Gasteiger partial charge in [-0.3, -0.25) is 14.6 Å². The average molecular weight is 513 g/mol. The van der Waals surface area contributed by atoms with Gasteiger partial charge in [0.05, 0.1) is 13.0 Å². The van der Waals surface area contributed by atoms with Crippen molar-refractivity contribution in [1.29, 1.82) is 0 Å². The van der Waals surface area contributed by atoms with Crippen molar-refractivity contribution in [3.05, 3.63) is 35.4 Å². The van der Waals surface area contributed by atoms with Gasteiger partial charge >= 0.3 is 6.18 Å². The molecule has 2 amide bonds. The minimum atomic E-state index is -4.22. The summed E-state index contributed by atoms with van der Waals surface area (Å²) in [4.78, 5) is 29.1. The number of nitrogens with one attached hydrogen (secondary N) is 3. The first-order valence-electron chi connectivity index (χ1n) is 8.44. The topological polar surface area (TPSA) is 85.8 Å². The highest BCUT2D eigenvalue weighted by Gasteiger charge is 2.26. The van der Waals surface area contributed by atoms with Crippen molar-refractivity contribution in [3.63, 3.8) is 0 Å². The molecule has 1 heterocycles. The molecular formula is C17H23F3IN5O2. The number of carbonyl (C=O) groups is 2. The number of rotatable bonds is 5. The molecule has 1 aliphatic heterocycles. The standard InChI is InChI=1S/C17H22F3N5O2.HI/c1-21-16(23-7-6-17(18,19)20)24-10-12-2-4-13(5-3-12)15(27)25-9-8-22-14(26)11-25;/h2-5H,6-11H2,1H3,(H,22,26)(H2,21,23,24);1H. The number of hydrogen-bond donors (Lipinski definition) is 3. The third-order valence-corrected chi connectivity index (χ3v) is 3.91. The van der Waals surface area contributed by atoms with Crippen LogP contribution in [0.4, 0.5) is 13.2 Å². The predicted octanol–water partition coefficient (Wildman–Crippen LogP) is 1.49. The van der Waals surface area contributed by atoms with Gasteiger partial charge in [-0.1, -0.05) is 12.1 Å². The highest BCUT2D eigenvalue weighted by Crippen LogP contribution is 2.18. The van der Waals surface area contributed by atoms with Crippen molar-refractivity contribution in [2.75, 3.05) is 33.2 Å². The molecule has 156 valence electrons. The van der Waals surface area contributed by atoms with Gasteiger partial charge in [0.15, 0.2) is 5.96 Å². The quantitative estimate of drug-likeness (QED) is 0.317. The molecule has 1 aromatic rings. The van der Waals surface area contributed by atoms with Crippen LogP contribution in [0.2, 0.25) is 0 Å². The van der Waals surface area contributed by atoms with Gasteiger partial charge in [-0.2, -0.15) is 13.2 Å². The Labute approximate surface area is 178 Å². The largest absolute Gasteiger partial charge is 0.390 e. The number of benzene rings is 1. The third-order valence-electron chi connectivity index (χ3n) is 3.91. The second-order valence-electron chi connectivity index (χ2n) is 5.99. The summed E-state index contributed by atoms with van der Waals surface area (Å²) < 4.78 is 36.5. The van der Waals surface area contributed by atoms with Gasteiger partial charge < -0.3 is 20.9 Å². The van der Waals surface area contributed by atoms with E-state index in [0.717, 1.165) is 5.56 Å². The van der Waals surface area contributed by atoms with Crippen LogP contribution >= 0.6 is 24.0 Å². The molecular weight excluding hydrogens is 490 g/mol. The van der Waals surface area contributed by atoms with Gasteiger partial charge in [-0.15, -0.1) is 24.0 Å². The number of halogens is 4. The number of hydrogen-bond acceptors (Lipinski definition) is 3. The first-order chi connectivity index (χ1) is 12.8. The smallest absolute Gasteiger partial charge is 0.356 e. The van der Waals surface area contributed by atoms with E-state index >= 15 is 0 Å². The van der Waals surface area contributed by atoms with Crippen LogP contribution in [0.5, 0.6) is 0 Å². The Balaban J connectivity index is 0.00000392. The fraction of sp³-hybridized carbons (Fsp3) is 0.471. The fourth-order valence-electron chi connectivity index (χ4n) is 2.49. The molecule has 7 nitrogen and oxygen atoms in total. The van der Waals surface area contributed by atoms with Gasteiger partial charge in [-0.25, -0.2) is 0 Å². The van der Waals surface area contributed by atoms with Gasteiger partial charge in [0.1, 0.15) is 0 Å². The molecule has 1 aromatic carbocycles. The van der Waals surface area contributed by atoms with Crippen molar-refractivity contribution in [3.8, 4) is 0 Å². The predicted molar refractivity (Wildman–Crippen MR) is 110 cm³/mol. The van der Waals surface area contributed by atoms with E-state index in [1.165, 1.54) is 11.9 Å². The molecule has 1 saturated heterocycles. The number of guanidine groups is 1. The number of nitrogens with zero attached hydrogens (tertiary/aromatic N) is 2. The van der Waals surface area contributed by atoms with Crippen LogP contribution in [0, 0.1) is 0 Å². The van der Waals surface area contributed by atoms with Crippen molar-refractivity contribution in [2.45, 2.75) is 19.1 Å². The minimum absolute atomic E-state index is 0. The van der Waals surface area contributed by atoms with E-state index in [4.69, 9.17) is 0 Å². The Morgan fingerprint density at radius 2 is 1.93 bits per heavy atom. The fourth-order valence-corrected chi connectivity index (χ4v) is 2.49. The summed E-state index contributed by atoms with van der Waals surface area (Å²) in [5, 5.41) is 8.17. The molecule has 3 N–H and O–H groups in total. The van der Waals surface area contributed by atoms with Crippen LogP contribution < -0.4 is 16.0 Å². The summed E-state index contributed by atoms with van der Waals surface area (Å²) in [5.41, 5.74) is 1.31. The normalized spacial score (nSPS) is 14.8. The lowest BCUT2D eigenvalue weighted by molar-refractivity contribution is -0.132. The summed E-state index contributed by atoms with van der Waals surface area (Å²) in [6, 6.07) is 6.80. The Morgan fingerprint density at radius 1 is 1.25 bits per heavy atom. The highest BCUT2D eigenvalue weighted by molar-refractivity contribution is 14.0. The first-order valence-corrected chi connectivity index (χ1v) is 8.44. The van der Waals surface area contributed by atoms with Crippen molar-refractivity contribution in [2.24, 2.45) is 4.99 Å². The summed E-state index contributed by atoms with van der Waals surface area (Å²) in [7, 11) is 1.47. The van der Waals surface area contributed by atoms with E-state index < -0.39 is 12.6 Å². The summed E-state index contributed by atoms with van der Waals surface area (Å²) in [6.45, 7) is 1.02. The summed E-state index contributed by atoms with van der Waals surface area (Å²) in [5.74, 6) is -0.132. The molecule has 0 spiro atoms. The molecule has 28 heavy (non-hydrogen) atoms. The number of piperazine rings is 1. The second-order valence-corrected chi connectivity index (χ2v) is 5.99. The lowest BCUT2D eigenvalue weighted by Gasteiger charge is -2.26. The average Bonchev–Trinajstić information content (AvgIpc) is 2.63. The SMILES string of the molecule is CN=C(NCCC(F)(F)F)NCc1ccc(C(=O)N2CCNC(=O)C2)cc1.I. The van der Waals surface area contributed by atoms with Crippen LogP contribution in [0.1, 0.15) is 22.3 Å². The van der Waals surface area contributed by atoms with Gasteiger partial charge in [0.25, 0.3) is 5.91 Å². The summed E-state index contributed by atoms with van der Waals surface area (Å²) in [6.07, 6.45) is -5.16. The zero-order valence-corrected chi connectivity index (χ0v) is 17.6. The zero-order valence-electron chi connectivity index (χ0n) is 15.3. The van der Waals surface area contributed by atoms with Gasteiger partial charge in [0, 0.05) is 38.8 Å². The van der Waals surface area contributed by atoms with Crippen molar-refractivity contribution in [1.82, 2.24) is 20.9 Å². The van der Waals surface area contributed by atoms with Crippen LogP contribution in [0.15, 0.2) is 29.3 Å². The van der Waals surface area contributed by atoms with Crippen LogP contribution in [0.25, 0.3) is 0 Å². The van der Waals surface area contributed by atoms with Crippen LogP contribution in [0.3, 0.4) is 0 Å². The Hall–Kier alpha value is -2.05. The van der Waals surface area contributed by atoms with E-state index in [9.17, 15) is 22.8 Å². The molecule has 11 heteroatoms. The molecule has 0 atom stereocenters. The van der Waals surface area contributed by atoms with Gasteiger partial charge in [-0.05, 0) is 17.7 Å². The third kappa shape index (κ3) is 7.90. The van der Waals surface area contributed by atoms with E-state index in [0.29, 0.717) is 25.2 Å². The molecule has 0 unspecified atom stereocenters. The van der Waals surface area contributed by atoms with Gasteiger partial charge in [0.2, 0.25) is 5.91 Å². The van der Waals surface area contributed by atoms with E-state index in [1.54, 1.807) is 24.3 Å². The number of amides is 2. The van der Waals surface area contributed by atoms with Crippen molar-refractivity contribution >= 4 is 41.8 Å². The van der Waals surface area contributed by atoms with Crippen LogP contribution in [-0.4, -0.2) is 62.1 Å². The van der Waals surface area contributed by atoms with E-state index in [1.807, 2.05) is 0 Å². The van der Waals surface area contributed by atoms with E-state index in [2.05, 4.69) is 20.9 Å². The lowest BCUT2D eigenvalue weighted by Crippen LogP contribution is -2.49. The second kappa shape index (κ2) is 11.1. The summed E-state index contributed by atoms with van der Waals surface area (Å²) >= 11 is 0. The molecule has 0 saturated carbocycles. The number of aliphatic imine (C=N–C) groups is 1. The molecule has 0 aromatic heterocycles. The Morgan fingerprint density at radius 3 is 2.50 bits per heavy atom. The van der Waals surface area contributed by atoms with Crippen molar-refractivity contribution < 1.29 is 22.8 Å². The molecule has 2 rings (SSSR count). The molecule has 1 fully saturated rings.